The number of nitrogens with one attached hydrogen (secondary N) is 1. The number of amides is 1. The number of benzene rings is 1. The molecule has 0 unspecified atom stereocenters. The van der Waals surface area contributed by atoms with E-state index in [0.29, 0.717) is 19.4 Å². The van der Waals surface area contributed by atoms with Crippen LogP contribution in [0, 0.1) is 5.92 Å². The number of carboxylic acid groups (broad SMARTS) is 1. The van der Waals surface area contributed by atoms with Gasteiger partial charge in [0.15, 0.2) is 0 Å². The molecule has 98 valence electrons. The van der Waals surface area contributed by atoms with E-state index >= 15 is 0 Å². The Kier molecular flexibility index (Phi) is 5.91. The van der Waals surface area contributed by atoms with Gasteiger partial charge in [-0.3, -0.25) is 9.59 Å². The second-order valence-corrected chi connectivity index (χ2v) is 4.38. The topological polar surface area (TPSA) is 66.4 Å². The highest BCUT2D eigenvalue weighted by Gasteiger charge is 2.12. The quantitative estimate of drug-likeness (QED) is 0.725. The van der Waals surface area contributed by atoms with E-state index in [2.05, 4.69) is 5.32 Å². The molecule has 0 spiro atoms. The average Bonchev–Trinajstić information content (AvgIpc) is 2.35. The SMILES string of the molecule is C[C@H](Cc1ccccc1)C(=O)NCCCC(=O)O. The van der Waals surface area contributed by atoms with Gasteiger partial charge in [0, 0.05) is 18.9 Å². The predicted octanol–water partition coefficient (Wildman–Crippen LogP) is 1.85. The molecule has 4 heteroatoms. The minimum Gasteiger partial charge on any atom is -0.481 e. The molecule has 0 bridgehead atoms. The van der Waals surface area contributed by atoms with Gasteiger partial charge in [-0.2, -0.15) is 0 Å². The number of hydrogen-bond donors (Lipinski definition) is 2. The first-order chi connectivity index (χ1) is 8.59. The van der Waals surface area contributed by atoms with Gasteiger partial charge < -0.3 is 10.4 Å². The highest BCUT2D eigenvalue weighted by molar-refractivity contribution is 5.78. The Morgan fingerprint density at radius 2 is 1.94 bits per heavy atom. The third-order valence-electron chi connectivity index (χ3n) is 2.70. The van der Waals surface area contributed by atoms with Gasteiger partial charge in [-0.05, 0) is 18.4 Å². The van der Waals surface area contributed by atoms with Crippen molar-refractivity contribution in [3.8, 4) is 0 Å². The van der Waals surface area contributed by atoms with Crippen LogP contribution in [-0.4, -0.2) is 23.5 Å². The van der Waals surface area contributed by atoms with Crippen molar-refractivity contribution in [1.29, 1.82) is 0 Å². The molecule has 0 aliphatic heterocycles. The maximum absolute atomic E-state index is 11.7. The summed E-state index contributed by atoms with van der Waals surface area (Å²) in [5.41, 5.74) is 1.13. The Bertz CT molecular complexity index is 389. The summed E-state index contributed by atoms with van der Waals surface area (Å²) in [5.74, 6) is -0.956. The second kappa shape index (κ2) is 7.48. The molecule has 0 aliphatic rings. The third-order valence-corrected chi connectivity index (χ3v) is 2.70. The summed E-state index contributed by atoms with van der Waals surface area (Å²) < 4.78 is 0. The van der Waals surface area contributed by atoms with Gasteiger partial charge in [-0.15, -0.1) is 0 Å². The van der Waals surface area contributed by atoms with Crippen LogP contribution in [0.25, 0.3) is 0 Å². The van der Waals surface area contributed by atoms with Crippen molar-refractivity contribution in [3.63, 3.8) is 0 Å². The van der Waals surface area contributed by atoms with E-state index in [0.717, 1.165) is 5.56 Å². The summed E-state index contributed by atoms with van der Waals surface area (Å²) in [6.07, 6.45) is 1.26. The van der Waals surface area contributed by atoms with Gasteiger partial charge in [-0.25, -0.2) is 0 Å². The van der Waals surface area contributed by atoms with Gasteiger partial charge in [0.2, 0.25) is 5.91 Å². The molecular formula is C14H19NO3. The standard InChI is InChI=1S/C14H19NO3/c1-11(10-12-6-3-2-4-7-12)14(18)15-9-5-8-13(16)17/h2-4,6-7,11H,5,8-10H2,1H3,(H,15,18)(H,16,17)/t11-/m1/s1. The van der Waals surface area contributed by atoms with Crippen molar-refractivity contribution < 1.29 is 14.7 Å². The zero-order valence-corrected chi connectivity index (χ0v) is 10.6. The summed E-state index contributed by atoms with van der Waals surface area (Å²) in [5, 5.41) is 11.2. The zero-order valence-electron chi connectivity index (χ0n) is 10.6. The van der Waals surface area contributed by atoms with Crippen LogP contribution in [0.2, 0.25) is 0 Å². The molecule has 1 aromatic carbocycles. The van der Waals surface area contributed by atoms with Crippen molar-refractivity contribution in [2.24, 2.45) is 5.92 Å². The molecule has 0 heterocycles. The van der Waals surface area contributed by atoms with Crippen molar-refractivity contribution in [2.45, 2.75) is 26.2 Å². The highest BCUT2D eigenvalue weighted by Crippen LogP contribution is 2.08. The molecular weight excluding hydrogens is 230 g/mol. The molecule has 1 atom stereocenters. The number of carbonyl (C=O) groups excluding carboxylic acids is 1. The largest absolute Gasteiger partial charge is 0.481 e. The number of rotatable bonds is 7. The van der Waals surface area contributed by atoms with Crippen molar-refractivity contribution in [1.82, 2.24) is 5.32 Å². The maximum atomic E-state index is 11.7. The van der Waals surface area contributed by atoms with E-state index in [-0.39, 0.29) is 18.2 Å². The van der Waals surface area contributed by atoms with Crippen molar-refractivity contribution >= 4 is 11.9 Å². The van der Waals surface area contributed by atoms with Crippen LogP contribution >= 0.6 is 0 Å². The van der Waals surface area contributed by atoms with Crippen LogP contribution in [0.3, 0.4) is 0 Å². The lowest BCUT2D eigenvalue weighted by atomic mass is 10.0. The van der Waals surface area contributed by atoms with Gasteiger partial charge in [0.25, 0.3) is 0 Å². The highest BCUT2D eigenvalue weighted by atomic mass is 16.4. The number of hydrogen-bond acceptors (Lipinski definition) is 2. The Balaban J connectivity index is 2.27. The first-order valence-electron chi connectivity index (χ1n) is 6.13. The van der Waals surface area contributed by atoms with Crippen LogP contribution in [0.5, 0.6) is 0 Å². The van der Waals surface area contributed by atoms with Crippen LogP contribution in [0.1, 0.15) is 25.3 Å². The fraction of sp³-hybridized carbons (Fsp3) is 0.429. The molecule has 0 saturated heterocycles. The van der Waals surface area contributed by atoms with Gasteiger partial charge in [0.1, 0.15) is 0 Å². The van der Waals surface area contributed by atoms with Gasteiger partial charge in [0.05, 0.1) is 0 Å². The first kappa shape index (κ1) is 14.2. The fourth-order valence-electron chi connectivity index (χ4n) is 1.69. The van der Waals surface area contributed by atoms with Gasteiger partial charge >= 0.3 is 5.97 Å². The van der Waals surface area contributed by atoms with E-state index < -0.39 is 5.97 Å². The third kappa shape index (κ3) is 5.48. The minimum atomic E-state index is -0.832. The zero-order chi connectivity index (χ0) is 13.4. The summed E-state index contributed by atoms with van der Waals surface area (Å²) in [7, 11) is 0. The Hall–Kier alpha value is -1.84. The summed E-state index contributed by atoms with van der Waals surface area (Å²) in [6.45, 7) is 2.30. The van der Waals surface area contributed by atoms with E-state index in [1.165, 1.54) is 0 Å². The molecule has 0 saturated carbocycles. The smallest absolute Gasteiger partial charge is 0.303 e. The Morgan fingerprint density at radius 1 is 1.28 bits per heavy atom. The summed E-state index contributed by atoms with van der Waals surface area (Å²) >= 11 is 0. The normalized spacial score (nSPS) is 11.8. The second-order valence-electron chi connectivity index (χ2n) is 4.38. The van der Waals surface area contributed by atoms with Crippen LogP contribution in [0.4, 0.5) is 0 Å². The molecule has 18 heavy (non-hydrogen) atoms. The molecule has 0 radical (unpaired) electrons. The van der Waals surface area contributed by atoms with E-state index in [9.17, 15) is 9.59 Å². The van der Waals surface area contributed by atoms with Crippen molar-refractivity contribution in [3.05, 3.63) is 35.9 Å². The van der Waals surface area contributed by atoms with Crippen LogP contribution < -0.4 is 5.32 Å². The summed E-state index contributed by atoms with van der Waals surface area (Å²) in [4.78, 5) is 22.0. The molecule has 1 rings (SSSR count). The molecule has 4 nitrogen and oxygen atoms in total. The Morgan fingerprint density at radius 3 is 2.56 bits per heavy atom. The number of aliphatic carboxylic acids is 1. The summed E-state index contributed by atoms with van der Waals surface area (Å²) in [6, 6.07) is 9.84. The average molecular weight is 249 g/mol. The molecule has 0 fully saturated rings. The van der Waals surface area contributed by atoms with Gasteiger partial charge in [-0.1, -0.05) is 37.3 Å². The minimum absolute atomic E-state index is 0.0239. The maximum Gasteiger partial charge on any atom is 0.303 e. The number of carbonyl (C=O) groups is 2. The number of carboxylic acids is 1. The van der Waals surface area contributed by atoms with Crippen molar-refractivity contribution in [2.75, 3.05) is 6.54 Å². The molecule has 1 aromatic rings. The monoisotopic (exact) mass is 249 g/mol. The molecule has 0 aromatic heterocycles. The molecule has 1 amide bonds. The lowest BCUT2D eigenvalue weighted by molar-refractivity contribution is -0.137. The molecule has 2 N–H and O–H groups in total. The molecule has 0 aliphatic carbocycles. The van der Waals surface area contributed by atoms with Crippen LogP contribution in [0.15, 0.2) is 30.3 Å². The lowest BCUT2D eigenvalue weighted by Crippen LogP contribution is -2.31. The Labute approximate surface area is 107 Å². The first-order valence-corrected chi connectivity index (χ1v) is 6.13. The van der Waals surface area contributed by atoms with E-state index in [1.807, 2.05) is 37.3 Å². The lowest BCUT2D eigenvalue weighted by Gasteiger charge is -2.11. The van der Waals surface area contributed by atoms with Crippen LogP contribution in [-0.2, 0) is 16.0 Å². The van der Waals surface area contributed by atoms with E-state index in [4.69, 9.17) is 5.11 Å². The fourth-order valence-corrected chi connectivity index (χ4v) is 1.69. The predicted molar refractivity (Wildman–Crippen MR) is 69.2 cm³/mol. The van der Waals surface area contributed by atoms with E-state index in [1.54, 1.807) is 0 Å².